The Balaban J connectivity index is 2.08. The standard InChI is InChI=1S/C18H35O5PSi/c1-16(2,3)25(6,7)23-18-11-8-17(9-12-18,10-13-18)15(19)14-24(20,21-4)22-5/h8-14H2,1-7H3. The predicted molar refractivity (Wildman–Crippen MR) is 103 cm³/mol. The summed E-state index contributed by atoms with van der Waals surface area (Å²) in [7, 11) is -2.44. The third kappa shape index (κ3) is 4.13. The molecule has 0 spiro atoms. The number of carbonyl (C=O) groups is 1. The third-order valence-electron chi connectivity index (χ3n) is 6.94. The van der Waals surface area contributed by atoms with Gasteiger partial charge in [0.1, 0.15) is 6.16 Å². The van der Waals surface area contributed by atoms with Gasteiger partial charge in [0.25, 0.3) is 0 Å². The van der Waals surface area contributed by atoms with Crippen molar-refractivity contribution < 1.29 is 22.8 Å². The Morgan fingerprint density at radius 2 is 1.44 bits per heavy atom. The van der Waals surface area contributed by atoms with Crippen molar-refractivity contribution >= 4 is 21.7 Å². The summed E-state index contributed by atoms with van der Waals surface area (Å²) >= 11 is 0. The summed E-state index contributed by atoms with van der Waals surface area (Å²) in [4.78, 5) is 12.9. The quantitative estimate of drug-likeness (QED) is 0.444. The van der Waals surface area contributed by atoms with Crippen molar-refractivity contribution in [1.29, 1.82) is 0 Å². The Bertz CT molecular complexity index is 534. The molecular weight excluding hydrogens is 355 g/mol. The molecule has 0 aliphatic heterocycles. The highest BCUT2D eigenvalue weighted by Crippen LogP contribution is 2.58. The molecule has 3 aliphatic carbocycles. The van der Waals surface area contributed by atoms with E-state index in [0.717, 1.165) is 38.5 Å². The molecule has 0 radical (unpaired) electrons. The van der Waals surface area contributed by atoms with E-state index in [1.165, 1.54) is 14.2 Å². The number of fused-ring (bicyclic) bond motifs is 3. The second-order valence-electron chi connectivity index (χ2n) is 9.38. The number of Topliss-reactive ketones (excluding diaryl/α,β-unsaturated/α-hetero) is 1. The fourth-order valence-electron chi connectivity index (χ4n) is 3.96. The second-order valence-corrected chi connectivity index (χ2v) is 16.4. The van der Waals surface area contributed by atoms with Crippen LogP contribution >= 0.6 is 7.60 Å². The van der Waals surface area contributed by atoms with Gasteiger partial charge < -0.3 is 13.5 Å². The van der Waals surface area contributed by atoms with Gasteiger partial charge in [0, 0.05) is 19.6 Å². The number of rotatable bonds is 7. The van der Waals surface area contributed by atoms with Gasteiger partial charge in [-0.1, -0.05) is 20.8 Å². The van der Waals surface area contributed by atoms with Gasteiger partial charge in [-0.05, 0) is 56.7 Å². The minimum absolute atomic E-state index is 0.0418. The van der Waals surface area contributed by atoms with Crippen LogP contribution < -0.4 is 0 Å². The molecule has 0 N–H and O–H groups in total. The summed E-state index contributed by atoms with van der Waals surface area (Å²) in [5.74, 6) is 0.0418. The maximum absolute atomic E-state index is 12.9. The first kappa shape index (κ1) is 21.3. The number of hydrogen-bond donors (Lipinski definition) is 0. The highest BCUT2D eigenvalue weighted by Gasteiger charge is 2.56. The molecule has 3 saturated carbocycles. The molecule has 25 heavy (non-hydrogen) atoms. The predicted octanol–water partition coefficient (Wildman–Crippen LogP) is 5.16. The van der Waals surface area contributed by atoms with Crippen LogP contribution in [0.5, 0.6) is 0 Å². The lowest BCUT2D eigenvalue weighted by Crippen LogP contribution is -2.57. The molecule has 0 aromatic heterocycles. The van der Waals surface area contributed by atoms with Crippen molar-refractivity contribution in [3.05, 3.63) is 0 Å². The molecule has 7 heteroatoms. The van der Waals surface area contributed by atoms with Crippen molar-refractivity contribution in [2.45, 2.75) is 83.0 Å². The van der Waals surface area contributed by atoms with Crippen molar-refractivity contribution in [3.8, 4) is 0 Å². The van der Waals surface area contributed by atoms with E-state index in [2.05, 4.69) is 33.9 Å². The van der Waals surface area contributed by atoms with Gasteiger partial charge in [0.05, 0.1) is 5.60 Å². The minimum atomic E-state index is -3.29. The molecule has 0 atom stereocenters. The Kier molecular flexibility index (Phi) is 5.85. The van der Waals surface area contributed by atoms with E-state index >= 15 is 0 Å². The first-order chi connectivity index (χ1) is 11.3. The van der Waals surface area contributed by atoms with Gasteiger partial charge in [-0.3, -0.25) is 9.36 Å². The lowest BCUT2D eigenvalue weighted by molar-refractivity contribution is -0.141. The van der Waals surface area contributed by atoms with Gasteiger partial charge in [-0.2, -0.15) is 0 Å². The zero-order valence-corrected chi connectivity index (χ0v) is 18.8. The molecule has 0 aromatic carbocycles. The van der Waals surface area contributed by atoms with E-state index in [4.69, 9.17) is 13.5 Å². The van der Waals surface area contributed by atoms with E-state index in [0.29, 0.717) is 0 Å². The maximum Gasteiger partial charge on any atom is 0.337 e. The lowest BCUT2D eigenvalue weighted by atomic mass is 9.57. The van der Waals surface area contributed by atoms with Crippen LogP contribution in [0.2, 0.25) is 18.1 Å². The monoisotopic (exact) mass is 390 g/mol. The third-order valence-corrected chi connectivity index (χ3v) is 13.3. The second kappa shape index (κ2) is 6.86. The van der Waals surface area contributed by atoms with Gasteiger partial charge in [0.15, 0.2) is 14.1 Å². The van der Waals surface area contributed by atoms with E-state index < -0.39 is 15.9 Å². The fraction of sp³-hybridized carbons (Fsp3) is 0.944. The van der Waals surface area contributed by atoms with Crippen molar-refractivity contribution in [3.63, 3.8) is 0 Å². The molecule has 0 unspecified atom stereocenters. The molecule has 146 valence electrons. The van der Waals surface area contributed by atoms with Crippen molar-refractivity contribution in [2.24, 2.45) is 5.41 Å². The molecule has 0 saturated heterocycles. The van der Waals surface area contributed by atoms with Crippen LogP contribution in [-0.2, 0) is 22.8 Å². The lowest BCUT2D eigenvalue weighted by Gasteiger charge is -2.56. The van der Waals surface area contributed by atoms with E-state index in [1.807, 2.05) is 0 Å². The van der Waals surface area contributed by atoms with Crippen molar-refractivity contribution in [2.75, 3.05) is 20.4 Å². The summed E-state index contributed by atoms with van der Waals surface area (Å²) in [5, 5.41) is 0.188. The summed E-state index contributed by atoms with van der Waals surface area (Å²) < 4.78 is 29.1. The Morgan fingerprint density at radius 1 is 1.00 bits per heavy atom. The molecule has 5 nitrogen and oxygen atoms in total. The Hall–Kier alpha value is -0.00312. The summed E-state index contributed by atoms with van der Waals surface area (Å²) in [5.41, 5.74) is -0.414. The van der Waals surface area contributed by atoms with Gasteiger partial charge in [0.2, 0.25) is 0 Å². The van der Waals surface area contributed by atoms with E-state index in [9.17, 15) is 9.36 Å². The Morgan fingerprint density at radius 3 is 1.80 bits per heavy atom. The van der Waals surface area contributed by atoms with Crippen LogP contribution in [0, 0.1) is 5.41 Å². The molecule has 3 aliphatic rings. The SMILES string of the molecule is COP(=O)(CC(=O)C12CCC(O[Si](C)(C)C(C)(C)C)(CC1)CC2)OC. The molecular formula is C18H35O5PSi. The average molecular weight is 391 g/mol. The number of hydrogen-bond acceptors (Lipinski definition) is 5. The first-order valence-electron chi connectivity index (χ1n) is 9.27. The van der Waals surface area contributed by atoms with Crippen LogP contribution in [0.4, 0.5) is 0 Å². The minimum Gasteiger partial charge on any atom is -0.411 e. The average Bonchev–Trinajstić information content (AvgIpc) is 2.54. The van der Waals surface area contributed by atoms with Gasteiger partial charge in [-0.25, -0.2) is 0 Å². The van der Waals surface area contributed by atoms with Crippen LogP contribution in [0.15, 0.2) is 0 Å². The number of ketones is 1. The molecule has 3 rings (SSSR count). The zero-order valence-electron chi connectivity index (χ0n) is 16.9. The zero-order chi connectivity index (χ0) is 19.1. The van der Waals surface area contributed by atoms with E-state index in [-0.39, 0.29) is 28.0 Å². The van der Waals surface area contributed by atoms with Crippen LogP contribution in [0.25, 0.3) is 0 Å². The van der Waals surface area contributed by atoms with Crippen LogP contribution in [-0.4, -0.2) is 40.1 Å². The maximum atomic E-state index is 12.9. The van der Waals surface area contributed by atoms with E-state index in [1.54, 1.807) is 0 Å². The summed E-state index contributed by atoms with van der Waals surface area (Å²) in [6, 6.07) is 0. The highest BCUT2D eigenvalue weighted by atomic mass is 31.2. The molecule has 0 amide bonds. The first-order valence-corrected chi connectivity index (χ1v) is 13.9. The topological polar surface area (TPSA) is 61.8 Å². The molecule has 0 aromatic rings. The molecule has 0 heterocycles. The van der Waals surface area contributed by atoms with Crippen LogP contribution in [0.3, 0.4) is 0 Å². The summed E-state index contributed by atoms with van der Waals surface area (Å²) in [6.07, 6.45) is 5.15. The molecule has 2 bridgehead atoms. The van der Waals surface area contributed by atoms with Gasteiger partial charge in [-0.15, -0.1) is 0 Å². The van der Waals surface area contributed by atoms with Crippen LogP contribution in [0.1, 0.15) is 59.3 Å². The Labute approximate surface area is 153 Å². The normalized spacial score (nSPS) is 30.5. The van der Waals surface area contributed by atoms with Gasteiger partial charge >= 0.3 is 7.60 Å². The summed E-state index contributed by atoms with van der Waals surface area (Å²) in [6.45, 7) is 11.4. The largest absolute Gasteiger partial charge is 0.411 e. The highest BCUT2D eigenvalue weighted by molar-refractivity contribution is 7.54. The smallest absolute Gasteiger partial charge is 0.337 e. The fourth-order valence-corrected chi connectivity index (χ4v) is 6.75. The number of carbonyl (C=O) groups excluding carboxylic acids is 1. The van der Waals surface area contributed by atoms with Crippen molar-refractivity contribution in [1.82, 2.24) is 0 Å². The molecule has 3 fully saturated rings.